The summed E-state index contributed by atoms with van der Waals surface area (Å²) in [5.74, 6) is 0. The summed E-state index contributed by atoms with van der Waals surface area (Å²) in [6, 6.07) is 0. The molecule has 1 aromatic rings. The van der Waals surface area contributed by atoms with Gasteiger partial charge in [0.2, 0.25) is 6.26 Å². The van der Waals surface area contributed by atoms with E-state index >= 15 is 0 Å². The molecule has 1 aliphatic heterocycles. The van der Waals surface area contributed by atoms with Crippen LogP contribution in [0, 0.1) is 6.26 Å². The Morgan fingerprint density at radius 2 is 2.67 bits per heavy atom. The molecule has 1 radical (unpaired) electrons. The van der Waals surface area contributed by atoms with Crippen molar-refractivity contribution in [2.75, 3.05) is 6.54 Å². The SMILES string of the molecule is [c]1onc2c1CCNC2. The van der Waals surface area contributed by atoms with Crippen LogP contribution in [0.25, 0.3) is 0 Å². The van der Waals surface area contributed by atoms with E-state index in [0.29, 0.717) is 0 Å². The molecule has 3 heteroatoms. The zero-order valence-electron chi connectivity index (χ0n) is 4.98. The number of hydrogen-bond donors (Lipinski definition) is 1. The van der Waals surface area contributed by atoms with Crippen molar-refractivity contribution < 1.29 is 4.52 Å². The molecule has 0 aromatic carbocycles. The highest BCUT2D eigenvalue weighted by molar-refractivity contribution is 5.15. The van der Waals surface area contributed by atoms with Gasteiger partial charge in [-0.3, -0.25) is 0 Å². The molecule has 0 amide bonds. The van der Waals surface area contributed by atoms with Gasteiger partial charge in [-0.25, -0.2) is 0 Å². The molecule has 1 aromatic heterocycles. The molecular formula is C6H7N2O. The minimum atomic E-state index is 0.836. The van der Waals surface area contributed by atoms with Gasteiger partial charge in [0.05, 0.1) is 0 Å². The third kappa shape index (κ3) is 0.733. The molecule has 0 bridgehead atoms. The number of nitrogens with zero attached hydrogens (tertiary/aromatic N) is 1. The van der Waals surface area contributed by atoms with Gasteiger partial charge in [-0.2, -0.15) is 0 Å². The van der Waals surface area contributed by atoms with Crippen LogP contribution in [-0.2, 0) is 13.0 Å². The minimum Gasteiger partial charge on any atom is -0.352 e. The first-order chi connectivity index (χ1) is 4.47. The number of nitrogens with one attached hydrogen (secondary N) is 1. The van der Waals surface area contributed by atoms with Crippen molar-refractivity contribution in [2.45, 2.75) is 13.0 Å². The lowest BCUT2D eigenvalue weighted by Crippen LogP contribution is -2.22. The van der Waals surface area contributed by atoms with Gasteiger partial charge in [0.1, 0.15) is 5.69 Å². The third-order valence-corrected chi connectivity index (χ3v) is 1.52. The second kappa shape index (κ2) is 1.84. The molecule has 2 rings (SSSR count). The average Bonchev–Trinajstić information content (AvgIpc) is 2.33. The summed E-state index contributed by atoms with van der Waals surface area (Å²) in [5.41, 5.74) is 2.15. The van der Waals surface area contributed by atoms with Gasteiger partial charge < -0.3 is 9.84 Å². The molecule has 0 fully saturated rings. The van der Waals surface area contributed by atoms with Crippen LogP contribution in [0.5, 0.6) is 0 Å². The lowest BCUT2D eigenvalue weighted by atomic mass is 10.1. The van der Waals surface area contributed by atoms with Crippen LogP contribution in [0.2, 0.25) is 0 Å². The second-order valence-electron chi connectivity index (χ2n) is 2.14. The summed E-state index contributed by atoms with van der Waals surface area (Å²) in [6.45, 7) is 1.85. The molecule has 0 aliphatic carbocycles. The minimum absolute atomic E-state index is 0.836. The van der Waals surface area contributed by atoms with Crippen LogP contribution >= 0.6 is 0 Å². The maximum atomic E-state index is 4.65. The Balaban J connectivity index is 2.39. The quantitative estimate of drug-likeness (QED) is 0.532. The number of fused-ring (bicyclic) bond motifs is 1. The molecule has 1 aliphatic rings. The van der Waals surface area contributed by atoms with E-state index in [1.165, 1.54) is 0 Å². The fourth-order valence-electron chi connectivity index (χ4n) is 1.00. The van der Waals surface area contributed by atoms with E-state index in [9.17, 15) is 0 Å². The van der Waals surface area contributed by atoms with Crippen LogP contribution in [0.1, 0.15) is 11.3 Å². The van der Waals surface area contributed by atoms with E-state index in [-0.39, 0.29) is 0 Å². The van der Waals surface area contributed by atoms with Gasteiger partial charge in [0.15, 0.2) is 0 Å². The highest BCUT2D eigenvalue weighted by atomic mass is 16.5. The molecule has 1 N–H and O–H groups in total. The van der Waals surface area contributed by atoms with Crippen molar-refractivity contribution >= 4 is 0 Å². The van der Waals surface area contributed by atoms with Gasteiger partial charge >= 0.3 is 0 Å². The van der Waals surface area contributed by atoms with E-state index in [0.717, 1.165) is 30.8 Å². The van der Waals surface area contributed by atoms with Crippen LogP contribution in [0.4, 0.5) is 0 Å². The summed E-state index contributed by atoms with van der Waals surface area (Å²) in [4.78, 5) is 0. The Morgan fingerprint density at radius 1 is 1.67 bits per heavy atom. The molecule has 9 heavy (non-hydrogen) atoms. The van der Waals surface area contributed by atoms with Gasteiger partial charge in [0, 0.05) is 12.1 Å². The highest BCUT2D eigenvalue weighted by Crippen LogP contribution is 2.09. The molecule has 0 saturated heterocycles. The van der Waals surface area contributed by atoms with E-state index in [4.69, 9.17) is 0 Å². The molecular weight excluding hydrogens is 116 g/mol. The lowest BCUT2D eigenvalue weighted by Gasteiger charge is -2.07. The highest BCUT2D eigenvalue weighted by Gasteiger charge is 2.11. The van der Waals surface area contributed by atoms with Crippen LogP contribution in [-0.4, -0.2) is 11.7 Å². The molecule has 0 atom stereocenters. The topological polar surface area (TPSA) is 38.1 Å². The Morgan fingerprint density at radius 3 is 3.56 bits per heavy atom. The van der Waals surface area contributed by atoms with Crippen molar-refractivity contribution in [3.05, 3.63) is 17.5 Å². The Labute approximate surface area is 53.0 Å². The van der Waals surface area contributed by atoms with Crippen LogP contribution in [0.15, 0.2) is 4.52 Å². The summed E-state index contributed by atoms with van der Waals surface area (Å²) >= 11 is 0. The number of rotatable bonds is 0. The van der Waals surface area contributed by atoms with E-state index in [1.807, 2.05) is 0 Å². The summed E-state index contributed by atoms with van der Waals surface area (Å²) in [7, 11) is 0. The van der Waals surface area contributed by atoms with Crippen molar-refractivity contribution in [2.24, 2.45) is 0 Å². The Hall–Kier alpha value is -0.830. The maximum Gasteiger partial charge on any atom is 0.208 e. The smallest absolute Gasteiger partial charge is 0.208 e. The molecule has 0 unspecified atom stereocenters. The summed E-state index contributed by atoms with van der Waals surface area (Å²) in [6.07, 6.45) is 3.73. The maximum absolute atomic E-state index is 4.65. The molecule has 0 spiro atoms. The van der Waals surface area contributed by atoms with Crippen LogP contribution in [0.3, 0.4) is 0 Å². The third-order valence-electron chi connectivity index (χ3n) is 1.52. The molecule has 0 saturated carbocycles. The second-order valence-corrected chi connectivity index (χ2v) is 2.14. The van der Waals surface area contributed by atoms with Gasteiger partial charge in [-0.05, 0) is 13.0 Å². The van der Waals surface area contributed by atoms with E-state index in [2.05, 4.69) is 21.3 Å². The first-order valence-electron chi connectivity index (χ1n) is 3.02. The average molecular weight is 123 g/mol. The predicted molar refractivity (Wildman–Crippen MR) is 30.7 cm³/mol. The van der Waals surface area contributed by atoms with Crippen molar-refractivity contribution in [3.8, 4) is 0 Å². The van der Waals surface area contributed by atoms with E-state index < -0.39 is 0 Å². The largest absolute Gasteiger partial charge is 0.352 e. The van der Waals surface area contributed by atoms with Gasteiger partial charge in [0.25, 0.3) is 0 Å². The fourth-order valence-corrected chi connectivity index (χ4v) is 1.00. The number of hydrogen-bond acceptors (Lipinski definition) is 3. The van der Waals surface area contributed by atoms with Gasteiger partial charge in [-0.1, -0.05) is 5.16 Å². The zero-order chi connectivity index (χ0) is 6.10. The Bertz CT molecular complexity index is 186. The monoisotopic (exact) mass is 123 g/mol. The first kappa shape index (κ1) is 4.99. The predicted octanol–water partition coefficient (Wildman–Crippen LogP) is 0.120. The Kier molecular flexibility index (Phi) is 1.02. The van der Waals surface area contributed by atoms with Crippen LogP contribution < -0.4 is 5.32 Å². The summed E-state index contributed by atoms with van der Waals surface area (Å²) < 4.78 is 4.65. The van der Waals surface area contributed by atoms with Gasteiger partial charge in [-0.15, -0.1) is 0 Å². The standard InChI is InChI=1S/C6H7N2O/c1-2-7-3-6-5(1)4-9-8-6/h7H,1-3H2. The summed E-state index contributed by atoms with van der Waals surface area (Å²) in [5, 5.41) is 6.95. The molecule has 2 heterocycles. The lowest BCUT2D eigenvalue weighted by molar-refractivity contribution is 0.403. The first-order valence-corrected chi connectivity index (χ1v) is 3.02. The molecule has 47 valence electrons. The zero-order valence-corrected chi connectivity index (χ0v) is 4.98. The van der Waals surface area contributed by atoms with E-state index in [1.54, 1.807) is 0 Å². The fraction of sp³-hybridized carbons (Fsp3) is 0.500. The molecule has 3 nitrogen and oxygen atoms in total. The normalized spacial score (nSPS) is 17.3. The van der Waals surface area contributed by atoms with Crippen molar-refractivity contribution in [3.63, 3.8) is 0 Å². The van der Waals surface area contributed by atoms with Crippen molar-refractivity contribution in [1.29, 1.82) is 0 Å². The van der Waals surface area contributed by atoms with Crippen molar-refractivity contribution in [1.82, 2.24) is 10.5 Å². The number of aromatic nitrogens is 1.